The number of hydrogen-bond acceptors (Lipinski definition) is 3. The Morgan fingerprint density at radius 2 is 2.17 bits per heavy atom. The molecule has 1 aromatic heterocycles. The molecule has 1 atom stereocenters. The molecule has 104 valence electrons. The van der Waals surface area contributed by atoms with E-state index in [0.29, 0.717) is 10.8 Å². The molecule has 0 aliphatic rings. The fraction of sp³-hybridized carbons (Fsp3) is 0.636. The Morgan fingerprint density at radius 1 is 1.44 bits per heavy atom. The zero-order valence-corrected chi connectivity index (χ0v) is 11.5. The van der Waals surface area contributed by atoms with Gasteiger partial charge in [0, 0.05) is 17.5 Å². The zero-order valence-electron chi connectivity index (χ0n) is 9.89. The number of rotatable bonds is 7. The van der Waals surface area contributed by atoms with Crippen molar-refractivity contribution in [3.05, 3.63) is 21.3 Å². The summed E-state index contributed by atoms with van der Waals surface area (Å²) in [7, 11) is 1.78. The molecule has 0 aromatic carbocycles. The Hall–Kier alpha value is -0.300. The van der Waals surface area contributed by atoms with Gasteiger partial charge in [0.15, 0.2) is 0 Å². The highest BCUT2D eigenvalue weighted by Crippen LogP contribution is 2.23. The zero-order chi connectivity index (χ0) is 13.6. The highest BCUT2D eigenvalue weighted by molar-refractivity contribution is 7.16. The molecule has 1 unspecified atom stereocenters. The van der Waals surface area contributed by atoms with Crippen LogP contribution in [0.5, 0.6) is 0 Å². The molecule has 18 heavy (non-hydrogen) atoms. The largest absolute Gasteiger partial charge is 0.411 e. The Kier molecular flexibility index (Phi) is 6.42. The van der Waals surface area contributed by atoms with Crippen LogP contribution in [-0.2, 0) is 11.2 Å². The maximum absolute atomic E-state index is 11.9. The second-order valence-corrected chi connectivity index (χ2v) is 5.65. The van der Waals surface area contributed by atoms with Crippen LogP contribution in [0.25, 0.3) is 0 Å². The summed E-state index contributed by atoms with van der Waals surface area (Å²) in [4.78, 5) is 1.11. The van der Waals surface area contributed by atoms with E-state index in [0.717, 1.165) is 11.3 Å². The van der Waals surface area contributed by atoms with Crippen LogP contribution < -0.4 is 5.32 Å². The molecule has 0 saturated heterocycles. The van der Waals surface area contributed by atoms with Crippen molar-refractivity contribution in [2.45, 2.75) is 25.1 Å². The first-order valence-corrected chi connectivity index (χ1v) is 6.66. The van der Waals surface area contributed by atoms with Gasteiger partial charge in [0.1, 0.15) is 6.61 Å². The lowest BCUT2D eigenvalue weighted by atomic mass is 10.1. The molecule has 0 spiro atoms. The highest BCUT2D eigenvalue weighted by Gasteiger charge is 2.27. The van der Waals surface area contributed by atoms with Gasteiger partial charge < -0.3 is 10.1 Å². The Balaban J connectivity index is 2.25. The smallest absolute Gasteiger partial charge is 0.372 e. The van der Waals surface area contributed by atoms with Crippen LogP contribution in [0.1, 0.15) is 11.3 Å². The molecule has 0 fully saturated rings. The van der Waals surface area contributed by atoms with E-state index >= 15 is 0 Å². The first-order chi connectivity index (χ1) is 8.40. The van der Waals surface area contributed by atoms with Crippen LogP contribution in [0.3, 0.4) is 0 Å². The van der Waals surface area contributed by atoms with Crippen LogP contribution in [0, 0.1) is 0 Å². The first kappa shape index (κ1) is 15.8. The summed E-state index contributed by atoms with van der Waals surface area (Å²) in [6.07, 6.45) is -2.98. The molecule has 0 amide bonds. The highest BCUT2D eigenvalue weighted by atomic mass is 35.5. The van der Waals surface area contributed by atoms with Gasteiger partial charge in [0.2, 0.25) is 0 Å². The average Bonchev–Trinajstić information content (AvgIpc) is 2.67. The van der Waals surface area contributed by atoms with Gasteiger partial charge in [-0.05, 0) is 32.0 Å². The minimum atomic E-state index is -4.25. The Labute approximate surface area is 113 Å². The number of halogens is 4. The van der Waals surface area contributed by atoms with E-state index in [1.165, 1.54) is 11.3 Å². The maximum Gasteiger partial charge on any atom is 0.411 e. The molecular weight excluding hydrogens is 287 g/mol. The van der Waals surface area contributed by atoms with E-state index in [1.807, 2.05) is 12.1 Å². The first-order valence-electron chi connectivity index (χ1n) is 5.46. The van der Waals surface area contributed by atoms with Crippen molar-refractivity contribution in [2.24, 2.45) is 0 Å². The minimum absolute atomic E-state index is 0.0874. The third-order valence-corrected chi connectivity index (χ3v) is 3.61. The van der Waals surface area contributed by atoms with E-state index in [1.54, 1.807) is 7.05 Å². The van der Waals surface area contributed by atoms with Crippen LogP contribution in [-0.4, -0.2) is 32.5 Å². The van der Waals surface area contributed by atoms with E-state index in [9.17, 15) is 13.2 Å². The molecule has 0 aliphatic heterocycles. The molecule has 1 rings (SSSR count). The van der Waals surface area contributed by atoms with E-state index in [-0.39, 0.29) is 12.6 Å². The number of nitrogens with one attached hydrogen (secondary N) is 1. The van der Waals surface area contributed by atoms with Gasteiger partial charge in [-0.3, -0.25) is 0 Å². The maximum atomic E-state index is 11.9. The van der Waals surface area contributed by atoms with Crippen LogP contribution in [0.2, 0.25) is 4.34 Å². The standard InChI is InChI=1S/C11H15ClF3NOS/c1-16-8(4-5-17-7-11(13,14)15)6-9-2-3-10(12)18-9/h2-3,8,16H,4-7H2,1H3. The monoisotopic (exact) mass is 301 g/mol. The third kappa shape index (κ3) is 6.58. The topological polar surface area (TPSA) is 21.3 Å². The van der Waals surface area contributed by atoms with Gasteiger partial charge in [-0.2, -0.15) is 13.2 Å². The Morgan fingerprint density at radius 3 is 2.67 bits per heavy atom. The second-order valence-electron chi connectivity index (χ2n) is 3.85. The van der Waals surface area contributed by atoms with Crippen LogP contribution >= 0.6 is 22.9 Å². The van der Waals surface area contributed by atoms with Crippen molar-refractivity contribution in [3.8, 4) is 0 Å². The van der Waals surface area contributed by atoms with Gasteiger partial charge in [-0.25, -0.2) is 0 Å². The number of thiophene rings is 1. The van der Waals surface area contributed by atoms with E-state index < -0.39 is 12.8 Å². The molecular formula is C11H15ClF3NOS. The number of alkyl halides is 3. The van der Waals surface area contributed by atoms with Gasteiger partial charge in [-0.1, -0.05) is 11.6 Å². The molecule has 0 radical (unpaired) electrons. The lowest BCUT2D eigenvalue weighted by molar-refractivity contribution is -0.174. The van der Waals surface area contributed by atoms with Crippen molar-refractivity contribution in [2.75, 3.05) is 20.3 Å². The summed E-state index contributed by atoms with van der Waals surface area (Å²) in [6, 6.07) is 3.83. The SMILES string of the molecule is CNC(CCOCC(F)(F)F)Cc1ccc(Cl)s1. The minimum Gasteiger partial charge on any atom is -0.372 e. The van der Waals surface area contributed by atoms with Gasteiger partial charge >= 0.3 is 6.18 Å². The Bertz CT molecular complexity index is 356. The van der Waals surface area contributed by atoms with Crippen LogP contribution in [0.4, 0.5) is 13.2 Å². The average molecular weight is 302 g/mol. The van der Waals surface area contributed by atoms with Crippen LogP contribution in [0.15, 0.2) is 12.1 Å². The molecule has 1 heterocycles. The molecule has 1 aromatic rings. The summed E-state index contributed by atoms with van der Waals surface area (Å²) in [6.45, 7) is -1.10. The quantitative estimate of drug-likeness (QED) is 0.778. The van der Waals surface area contributed by atoms with Gasteiger partial charge in [-0.15, -0.1) is 11.3 Å². The number of likely N-dealkylation sites (N-methyl/N-ethyl adjacent to an activating group) is 1. The number of hydrogen-bond donors (Lipinski definition) is 1. The van der Waals surface area contributed by atoms with E-state index in [4.69, 9.17) is 11.6 Å². The normalized spacial score (nSPS) is 13.8. The molecule has 0 aliphatic carbocycles. The summed E-state index contributed by atoms with van der Waals surface area (Å²) in [5.74, 6) is 0. The van der Waals surface area contributed by atoms with Crippen molar-refractivity contribution in [3.63, 3.8) is 0 Å². The van der Waals surface area contributed by atoms with Gasteiger partial charge in [0.25, 0.3) is 0 Å². The molecule has 1 N–H and O–H groups in total. The van der Waals surface area contributed by atoms with Crippen molar-refractivity contribution in [1.29, 1.82) is 0 Å². The third-order valence-electron chi connectivity index (χ3n) is 2.36. The van der Waals surface area contributed by atoms with Crippen molar-refractivity contribution >= 4 is 22.9 Å². The molecule has 0 saturated carbocycles. The fourth-order valence-corrected chi connectivity index (χ4v) is 2.63. The molecule has 0 bridgehead atoms. The molecule has 7 heteroatoms. The molecule has 2 nitrogen and oxygen atoms in total. The fourth-order valence-electron chi connectivity index (χ4n) is 1.47. The second kappa shape index (κ2) is 7.33. The lowest BCUT2D eigenvalue weighted by Gasteiger charge is -2.15. The van der Waals surface area contributed by atoms with Crippen molar-refractivity contribution < 1.29 is 17.9 Å². The van der Waals surface area contributed by atoms with Gasteiger partial charge in [0.05, 0.1) is 4.34 Å². The van der Waals surface area contributed by atoms with Crippen molar-refractivity contribution in [1.82, 2.24) is 5.32 Å². The predicted molar refractivity (Wildman–Crippen MR) is 67.4 cm³/mol. The summed E-state index contributed by atoms with van der Waals surface area (Å²) in [5.41, 5.74) is 0. The summed E-state index contributed by atoms with van der Waals surface area (Å²) >= 11 is 7.29. The summed E-state index contributed by atoms with van der Waals surface area (Å²) in [5, 5.41) is 3.06. The number of ether oxygens (including phenoxy) is 1. The lowest BCUT2D eigenvalue weighted by Crippen LogP contribution is -2.29. The predicted octanol–water partition coefficient (Wildman–Crippen LogP) is 3.50. The summed E-state index contributed by atoms with van der Waals surface area (Å²) < 4.78 is 40.9. The van der Waals surface area contributed by atoms with E-state index in [2.05, 4.69) is 10.1 Å².